The molecule has 0 aromatic heterocycles. The molecule has 1 aromatic rings. The van der Waals surface area contributed by atoms with Crippen molar-refractivity contribution in [1.82, 2.24) is 15.5 Å². The summed E-state index contributed by atoms with van der Waals surface area (Å²) in [6.07, 6.45) is 0.321. The van der Waals surface area contributed by atoms with E-state index in [-0.39, 0.29) is 24.0 Å². The van der Waals surface area contributed by atoms with Crippen molar-refractivity contribution in [2.24, 2.45) is 4.99 Å². The van der Waals surface area contributed by atoms with E-state index in [1.807, 2.05) is 6.92 Å². The summed E-state index contributed by atoms with van der Waals surface area (Å²) in [5.74, 6) is 0.833. The first kappa shape index (κ1) is 24.1. The number of nitrogens with zero attached hydrogens (tertiary/aromatic N) is 2. The zero-order valence-corrected chi connectivity index (χ0v) is 19.2. The van der Waals surface area contributed by atoms with Crippen molar-refractivity contribution in [2.45, 2.75) is 40.0 Å². The molecule has 1 aliphatic heterocycles. The third-order valence-corrected chi connectivity index (χ3v) is 4.23. The van der Waals surface area contributed by atoms with Crippen LogP contribution in [-0.2, 0) is 22.6 Å². The van der Waals surface area contributed by atoms with Crippen molar-refractivity contribution in [2.75, 3.05) is 46.0 Å². The minimum atomic E-state index is 0. The molecular formula is C20H35IN4O2. The zero-order chi connectivity index (χ0) is 18.6. The number of hydrogen-bond donors (Lipinski definition) is 2. The molecule has 0 amide bonds. The minimum absolute atomic E-state index is 0. The van der Waals surface area contributed by atoms with E-state index in [0.29, 0.717) is 19.3 Å². The molecule has 2 rings (SSSR count). The number of hydrogen-bond acceptors (Lipinski definition) is 4. The summed E-state index contributed by atoms with van der Waals surface area (Å²) in [6, 6.07) is 8.71. The molecule has 1 heterocycles. The fourth-order valence-corrected chi connectivity index (χ4v) is 3.02. The van der Waals surface area contributed by atoms with Gasteiger partial charge in [-0.3, -0.25) is 4.90 Å². The number of ether oxygens (including phenoxy) is 2. The number of aliphatic imine (C=N–C) groups is 1. The molecule has 6 nitrogen and oxygen atoms in total. The van der Waals surface area contributed by atoms with Gasteiger partial charge < -0.3 is 20.1 Å². The maximum atomic E-state index is 5.62. The lowest BCUT2D eigenvalue weighted by molar-refractivity contribution is -0.0212. The number of rotatable bonds is 9. The van der Waals surface area contributed by atoms with E-state index in [4.69, 9.17) is 9.47 Å². The Morgan fingerprint density at radius 2 is 2.11 bits per heavy atom. The smallest absolute Gasteiger partial charge is 0.191 e. The third-order valence-electron chi connectivity index (χ3n) is 4.23. The minimum Gasteiger partial charge on any atom is -0.380 e. The molecule has 0 saturated carbocycles. The SMILES string of the molecule is CCNC(=NCc1cccc(CN2CCOC(C)C2)c1)NCCOCC.I. The average Bonchev–Trinajstić information content (AvgIpc) is 2.63. The topological polar surface area (TPSA) is 58.1 Å². The highest BCUT2D eigenvalue weighted by molar-refractivity contribution is 14.0. The fraction of sp³-hybridized carbons (Fsp3) is 0.650. The van der Waals surface area contributed by atoms with Gasteiger partial charge in [-0.05, 0) is 31.9 Å². The third kappa shape index (κ3) is 9.73. The molecule has 154 valence electrons. The Hall–Kier alpha value is -0.900. The summed E-state index contributed by atoms with van der Waals surface area (Å²) in [5.41, 5.74) is 2.56. The fourth-order valence-electron chi connectivity index (χ4n) is 3.02. The highest BCUT2D eigenvalue weighted by Gasteiger charge is 2.16. The molecule has 1 aliphatic rings. The predicted octanol–water partition coefficient (Wildman–Crippen LogP) is 2.62. The van der Waals surface area contributed by atoms with Gasteiger partial charge in [-0.1, -0.05) is 24.3 Å². The van der Waals surface area contributed by atoms with Gasteiger partial charge in [0.15, 0.2) is 5.96 Å². The lowest BCUT2D eigenvalue weighted by Crippen LogP contribution is -2.40. The lowest BCUT2D eigenvalue weighted by Gasteiger charge is -2.31. The first-order chi connectivity index (χ1) is 12.7. The average molecular weight is 490 g/mol. The largest absolute Gasteiger partial charge is 0.380 e. The van der Waals surface area contributed by atoms with E-state index in [1.54, 1.807) is 0 Å². The highest BCUT2D eigenvalue weighted by atomic mass is 127. The van der Waals surface area contributed by atoms with Crippen molar-refractivity contribution >= 4 is 29.9 Å². The first-order valence-electron chi connectivity index (χ1n) is 9.73. The Morgan fingerprint density at radius 1 is 1.30 bits per heavy atom. The number of morpholine rings is 1. The number of halogens is 1. The Bertz CT molecular complexity index is 557. The molecule has 1 fully saturated rings. The van der Waals surface area contributed by atoms with Crippen LogP contribution in [0.2, 0.25) is 0 Å². The molecule has 1 unspecified atom stereocenters. The van der Waals surface area contributed by atoms with Crippen LogP contribution in [0.3, 0.4) is 0 Å². The van der Waals surface area contributed by atoms with E-state index in [2.05, 4.69) is 58.6 Å². The molecule has 0 radical (unpaired) electrons. The monoisotopic (exact) mass is 490 g/mol. The van der Waals surface area contributed by atoms with Crippen LogP contribution in [0.15, 0.2) is 29.3 Å². The van der Waals surface area contributed by atoms with Gasteiger partial charge in [0.2, 0.25) is 0 Å². The number of guanidine groups is 1. The van der Waals surface area contributed by atoms with Crippen molar-refractivity contribution in [3.8, 4) is 0 Å². The van der Waals surface area contributed by atoms with E-state index in [0.717, 1.165) is 51.9 Å². The Labute approximate surface area is 181 Å². The second kappa shape index (κ2) is 14.1. The van der Waals surface area contributed by atoms with Crippen LogP contribution in [0.4, 0.5) is 0 Å². The number of nitrogens with one attached hydrogen (secondary N) is 2. The standard InChI is InChI=1S/C20H34N4O2.HI/c1-4-21-20(22-9-11-25-5-2)23-14-18-7-6-8-19(13-18)16-24-10-12-26-17(3)15-24;/h6-8,13,17H,4-5,9-12,14-16H2,1-3H3,(H2,21,22,23);1H. The predicted molar refractivity (Wildman–Crippen MR) is 122 cm³/mol. The van der Waals surface area contributed by atoms with Crippen molar-refractivity contribution < 1.29 is 9.47 Å². The van der Waals surface area contributed by atoms with E-state index in [1.165, 1.54) is 11.1 Å². The Morgan fingerprint density at radius 3 is 2.85 bits per heavy atom. The summed E-state index contributed by atoms with van der Waals surface area (Å²) >= 11 is 0. The Kier molecular flexibility index (Phi) is 12.6. The van der Waals surface area contributed by atoms with E-state index in [9.17, 15) is 0 Å². The van der Waals surface area contributed by atoms with Gasteiger partial charge in [0.05, 0.1) is 25.9 Å². The highest BCUT2D eigenvalue weighted by Crippen LogP contribution is 2.12. The summed E-state index contributed by atoms with van der Waals surface area (Å²) in [4.78, 5) is 7.14. The van der Waals surface area contributed by atoms with Gasteiger partial charge in [-0.25, -0.2) is 4.99 Å². The van der Waals surface area contributed by atoms with Crippen LogP contribution >= 0.6 is 24.0 Å². The molecule has 7 heteroatoms. The summed E-state index contributed by atoms with van der Waals surface area (Å²) in [7, 11) is 0. The van der Waals surface area contributed by atoms with Crippen LogP contribution in [-0.4, -0.2) is 63.0 Å². The molecule has 0 spiro atoms. The quantitative estimate of drug-likeness (QED) is 0.241. The maximum Gasteiger partial charge on any atom is 0.191 e. The normalized spacial score (nSPS) is 18.0. The van der Waals surface area contributed by atoms with Crippen LogP contribution in [0, 0.1) is 0 Å². The molecule has 1 aromatic carbocycles. The molecule has 1 atom stereocenters. The molecule has 0 aliphatic carbocycles. The van der Waals surface area contributed by atoms with Gasteiger partial charge in [0.1, 0.15) is 0 Å². The summed E-state index contributed by atoms with van der Waals surface area (Å²) in [5, 5.41) is 6.58. The molecule has 0 bridgehead atoms. The zero-order valence-electron chi connectivity index (χ0n) is 16.9. The number of benzene rings is 1. The summed E-state index contributed by atoms with van der Waals surface area (Å²) in [6.45, 7) is 13.7. The van der Waals surface area contributed by atoms with Crippen LogP contribution in [0.25, 0.3) is 0 Å². The first-order valence-corrected chi connectivity index (χ1v) is 9.73. The molecular weight excluding hydrogens is 455 g/mol. The lowest BCUT2D eigenvalue weighted by atomic mass is 10.1. The van der Waals surface area contributed by atoms with Gasteiger partial charge in [0, 0.05) is 39.3 Å². The molecule has 27 heavy (non-hydrogen) atoms. The van der Waals surface area contributed by atoms with Crippen molar-refractivity contribution in [3.63, 3.8) is 0 Å². The van der Waals surface area contributed by atoms with Gasteiger partial charge >= 0.3 is 0 Å². The second-order valence-electron chi connectivity index (χ2n) is 6.56. The Balaban J connectivity index is 0.00000364. The summed E-state index contributed by atoms with van der Waals surface area (Å²) < 4.78 is 11.0. The van der Waals surface area contributed by atoms with E-state index < -0.39 is 0 Å². The molecule has 2 N–H and O–H groups in total. The van der Waals surface area contributed by atoms with Crippen molar-refractivity contribution in [3.05, 3.63) is 35.4 Å². The van der Waals surface area contributed by atoms with Gasteiger partial charge in [-0.15, -0.1) is 24.0 Å². The van der Waals surface area contributed by atoms with Gasteiger partial charge in [-0.2, -0.15) is 0 Å². The maximum absolute atomic E-state index is 5.62. The van der Waals surface area contributed by atoms with Crippen LogP contribution < -0.4 is 10.6 Å². The van der Waals surface area contributed by atoms with Gasteiger partial charge in [0.25, 0.3) is 0 Å². The van der Waals surface area contributed by atoms with Crippen LogP contribution in [0.5, 0.6) is 0 Å². The second-order valence-corrected chi connectivity index (χ2v) is 6.56. The van der Waals surface area contributed by atoms with Crippen molar-refractivity contribution in [1.29, 1.82) is 0 Å². The van der Waals surface area contributed by atoms with Crippen LogP contribution in [0.1, 0.15) is 31.9 Å². The van der Waals surface area contributed by atoms with E-state index >= 15 is 0 Å². The molecule has 1 saturated heterocycles.